The largest absolute Gasteiger partial charge is 0.377 e. The van der Waals surface area contributed by atoms with Gasteiger partial charge in [-0.05, 0) is 23.6 Å². The summed E-state index contributed by atoms with van der Waals surface area (Å²) >= 11 is 1.42. The molecule has 2 aromatic heterocycles. The van der Waals surface area contributed by atoms with Crippen LogP contribution in [0.3, 0.4) is 0 Å². The van der Waals surface area contributed by atoms with Gasteiger partial charge in [0.1, 0.15) is 0 Å². The van der Waals surface area contributed by atoms with Gasteiger partial charge < -0.3 is 14.2 Å². The second-order valence-corrected chi connectivity index (χ2v) is 6.57. The number of ether oxygens (including phenoxy) is 1. The van der Waals surface area contributed by atoms with Crippen LogP contribution in [0.4, 0.5) is 0 Å². The number of amides is 1. The van der Waals surface area contributed by atoms with Crippen LogP contribution in [0.25, 0.3) is 0 Å². The molecule has 5 nitrogen and oxygen atoms in total. The predicted molar refractivity (Wildman–Crippen MR) is 88.6 cm³/mol. The van der Waals surface area contributed by atoms with Crippen molar-refractivity contribution < 1.29 is 14.3 Å². The summed E-state index contributed by atoms with van der Waals surface area (Å²) in [6.07, 6.45) is 2.47. The second-order valence-electron chi connectivity index (χ2n) is 5.62. The van der Waals surface area contributed by atoms with E-state index < -0.39 is 0 Å². The number of thiophene rings is 1. The lowest BCUT2D eigenvalue weighted by molar-refractivity contribution is -0.140. The monoisotopic (exact) mass is 332 g/mol. The summed E-state index contributed by atoms with van der Waals surface area (Å²) in [5, 5.41) is 1.88. The number of carbonyl (C=O) groups is 2. The third-order valence-corrected chi connectivity index (χ3v) is 5.05. The summed E-state index contributed by atoms with van der Waals surface area (Å²) in [6, 6.07) is 7.56. The third kappa shape index (κ3) is 3.54. The Hall–Kier alpha value is -1.92. The molecule has 23 heavy (non-hydrogen) atoms. The number of aromatic nitrogens is 1. The van der Waals surface area contributed by atoms with Crippen molar-refractivity contribution in [3.63, 3.8) is 0 Å². The Bertz CT molecular complexity index is 678. The van der Waals surface area contributed by atoms with E-state index in [4.69, 9.17) is 4.74 Å². The highest BCUT2D eigenvalue weighted by Gasteiger charge is 2.30. The molecular formula is C17H20N2O3S. The summed E-state index contributed by atoms with van der Waals surface area (Å²) in [5.74, 6) is 0.0569. The number of morpholine rings is 1. The minimum absolute atomic E-state index is 0.0180. The summed E-state index contributed by atoms with van der Waals surface area (Å²) in [7, 11) is 1.97. The number of rotatable bonds is 5. The van der Waals surface area contributed by atoms with Crippen LogP contribution in [-0.4, -0.2) is 40.9 Å². The van der Waals surface area contributed by atoms with Gasteiger partial charge in [0.2, 0.25) is 5.91 Å². The summed E-state index contributed by atoms with van der Waals surface area (Å²) in [5.41, 5.74) is 1.06. The van der Waals surface area contributed by atoms with E-state index in [1.165, 1.54) is 11.3 Å². The van der Waals surface area contributed by atoms with Crippen molar-refractivity contribution in [2.75, 3.05) is 19.8 Å². The van der Waals surface area contributed by atoms with Gasteiger partial charge in [-0.3, -0.25) is 9.59 Å². The Kier molecular flexibility index (Phi) is 4.93. The molecule has 0 saturated carbocycles. The molecule has 3 rings (SSSR count). The second kappa shape index (κ2) is 7.10. The summed E-state index contributed by atoms with van der Waals surface area (Å²) in [4.78, 5) is 27.2. The van der Waals surface area contributed by atoms with Crippen molar-refractivity contribution in [2.45, 2.75) is 18.9 Å². The van der Waals surface area contributed by atoms with Crippen molar-refractivity contribution in [1.82, 2.24) is 9.47 Å². The van der Waals surface area contributed by atoms with Crippen molar-refractivity contribution in [3.8, 4) is 0 Å². The van der Waals surface area contributed by atoms with Crippen LogP contribution in [0.5, 0.6) is 0 Å². The first-order valence-corrected chi connectivity index (χ1v) is 8.60. The first-order chi connectivity index (χ1) is 11.2. The summed E-state index contributed by atoms with van der Waals surface area (Å²) in [6.45, 7) is 1.62. The van der Waals surface area contributed by atoms with Crippen molar-refractivity contribution in [1.29, 1.82) is 0 Å². The van der Waals surface area contributed by atoms with Crippen LogP contribution in [0.15, 0.2) is 35.8 Å². The molecular weight excluding hydrogens is 312 g/mol. The van der Waals surface area contributed by atoms with Gasteiger partial charge in [0.15, 0.2) is 5.78 Å². The van der Waals surface area contributed by atoms with Gasteiger partial charge in [-0.25, -0.2) is 0 Å². The fourth-order valence-corrected chi connectivity index (χ4v) is 3.59. The van der Waals surface area contributed by atoms with E-state index in [1.54, 1.807) is 6.07 Å². The molecule has 0 N–H and O–H groups in total. The zero-order chi connectivity index (χ0) is 16.2. The van der Waals surface area contributed by atoms with Crippen LogP contribution in [0.1, 0.15) is 34.2 Å². The lowest BCUT2D eigenvalue weighted by Gasteiger charge is -2.36. The molecule has 0 radical (unpaired) electrons. The lowest BCUT2D eigenvalue weighted by atomic mass is 10.1. The zero-order valence-corrected chi connectivity index (χ0v) is 13.9. The quantitative estimate of drug-likeness (QED) is 0.791. The smallest absolute Gasteiger partial charge is 0.223 e. The van der Waals surface area contributed by atoms with E-state index in [0.717, 1.165) is 10.6 Å². The molecule has 0 spiro atoms. The number of Topliss-reactive ketones (excluding diaryl/α,β-unsaturated/α-hetero) is 1. The number of hydrogen-bond acceptors (Lipinski definition) is 4. The normalized spacial score (nSPS) is 18.1. The number of nitrogens with zero attached hydrogens (tertiary/aromatic N) is 2. The van der Waals surface area contributed by atoms with E-state index in [1.807, 2.05) is 46.3 Å². The molecule has 6 heteroatoms. The Balaban J connectivity index is 1.65. The average molecular weight is 332 g/mol. The maximum Gasteiger partial charge on any atom is 0.223 e. The molecule has 0 aromatic carbocycles. The highest BCUT2D eigenvalue weighted by molar-refractivity contribution is 7.12. The van der Waals surface area contributed by atoms with Crippen LogP contribution in [0.2, 0.25) is 0 Å². The minimum Gasteiger partial charge on any atom is -0.377 e. The molecule has 3 heterocycles. The van der Waals surface area contributed by atoms with E-state index in [2.05, 4.69) is 0 Å². The molecule has 0 aliphatic carbocycles. The fraction of sp³-hybridized carbons (Fsp3) is 0.412. The minimum atomic E-state index is -0.0758. The molecule has 1 saturated heterocycles. The number of hydrogen-bond donors (Lipinski definition) is 0. The average Bonchev–Trinajstić information content (AvgIpc) is 3.23. The Morgan fingerprint density at radius 2 is 2.17 bits per heavy atom. The van der Waals surface area contributed by atoms with Crippen molar-refractivity contribution in [3.05, 3.63) is 46.4 Å². The maximum atomic E-state index is 12.6. The standard InChI is InChI=1S/C17H20N2O3S/c1-18-8-2-4-13(18)14-12-22-10-9-19(14)17(21)7-6-15(20)16-5-3-11-23-16/h2-5,8,11,14H,6-7,9-10,12H2,1H3. The van der Waals surface area contributed by atoms with Crippen LogP contribution in [-0.2, 0) is 16.6 Å². The molecule has 0 bridgehead atoms. The van der Waals surface area contributed by atoms with Gasteiger partial charge in [-0.15, -0.1) is 11.3 Å². The van der Waals surface area contributed by atoms with E-state index in [9.17, 15) is 9.59 Å². The number of ketones is 1. The topological polar surface area (TPSA) is 51.5 Å². The molecule has 1 fully saturated rings. The Labute approximate surface area is 139 Å². The van der Waals surface area contributed by atoms with Gasteiger partial charge in [0, 0.05) is 38.3 Å². The van der Waals surface area contributed by atoms with E-state index in [-0.39, 0.29) is 30.6 Å². The third-order valence-electron chi connectivity index (χ3n) is 4.14. The van der Waals surface area contributed by atoms with Crippen LogP contribution < -0.4 is 0 Å². The highest BCUT2D eigenvalue weighted by atomic mass is 32.1. The molecule has 2 aromatic rings. The first-order valence-electron chi connectivity index (χ1n) is 7.72. The van der Waals surface area contributed by atoms with Gasteiger partial charge in [0.25, 0.3) is 0 Å². The van der Waals surface area contributed by atoms with Crippen LogP contribution in [0, 0.1) is 0 Å². The number of aryl methyl sites for hydroxylation is 1. The van der Waals surface area contributed by atoms with Crippen molar-refractivity contribution in [2.24, 2.45) is 7.05 Å². The van der Waals surface area contributed by atoms with Gasteiger partial charge in [-0.1, -0.05) is 6.07 Å². The van der Waals surface area contributed by atoms with E-state index in [0.29, 0.717) is 19.8 Å². The van der Waals surface area contributed by atoms with E-state index >= 15 is 0 Å². The van der Waals surface area contributed by atoms with Crippen LogP contribution >= 0.6 is 11.3 Å². The zero-order valence-electron chi connectivity index (χ0n) is 13.1. The summed E-state index contributed by atoms with van der Waals surface area (Å²) < 4.78 is 7.56. The molecule has 1 aliphatic rings. The molecule has 1 atom stereocenters. The van der Waals surface area contributed by atoms with Crippen molar-refractivity contribution >= 4 is 23.0 Å². The SMILES string of the molecule is Cn1cccc1C1COCCN1C(=O)CCC(=O)c1cccs1. The van der Waals surface area contributed by atoms with Gasteiger partial charge >= 0.3 is 0 Å². The van der Waals surface area contributed by atoms with Gasteiger partial charge in [-0.2, -0.15) is 0 Å². The predicted octanol–water partition coefficient (Wildman–Crippen LogP) is 2.65. The highest BCUT2D eigenvalue weighted by Crippen LogP contribution is 2.25. The molecule has 1 aliphatic heterocycles. The fourth-order valence-electron chi connectivity index (χ4n) is 2.89. The lowest BCUT2D eigenvalue weighted by Crippen LogP contribution is -2.44. The first kappa shape index (κ1) is 16.0. The molecule has 1 unspecified atom stereocenters. The van der Waals surface area contributed by atoms with Gasteiger partial charge in [0.05, 0.1) is 24.1 Å². The molecule has 1 amide bonds. The number of carbonyl (C=O) groups excluding carboxylic acids is 2. The molecule has 122 valence electrons. The Morgan fingerprint density at radius 3 is 2.87 bits per heavy atom. The maximum absolute atomic E-state index is 12.6. The Morgan fingerprint density at radius 1 is 1.30 bits per heavy atom.